The number of nitrogens with zero attached hydrogens (tertiary/aromatic N) is 2. The largest absolute Gasteiger partial charge is 0.349 e. The van der Waals surface area contributed by atoms with Crippen LogP contribution in [0.3, 0.4) is 0 Å². The van der Waals surface area contributed by atoms with Crippen LogP contribution in [0.25, 0.3) is 0 Å². The van der Waals surface area contributed by atoms with Crippen molar-refractivity contribution in [2.45, 2.75) is 38.8 Å². The molecule has 4 unspecified atom stereocenters. The fourth-order valence-electron chi connectivity index (χ4n) is 3.98. The van der Waals surface area contributed by atoms with Crippen LogP contribution in [0, 0.1) is 32.1 Å². The van der Waals surface area contributed by atoms with E-state index in [1.54, 1.807) is 0 Å². The lowest BCUT2D eigenvalue weighted by molar-refractivity contribution is -0.385. The second kappa shape index (κ2) is 9.54. The molecule has 3 rings (SSSR count). The average Bonchev–Trinajstić information content (AvgIpc) is 2.77. The molecule has 0 radical (unpaired) electrons. The second-order valence-electron chi connectivity index (χ2n) is 8.17. The quantitative estimate of drug-likeness (QED) is 0.520. The zero-order valence-corrected chi connectivity index (χ0v) is 17.7. The topological polar surface area (TPSA) is 144 Å². The lowest BCUT2D eigenvalue weighted by atomic mass is 9.75. The normalized spacial score (nSPS) is 22.6. The number of nitro groups is 2. The molecular formula is C22H24N4O6. The van der Waals surface area contributed by atoms with Gasteiger partial charge in [-0.15, -0.1) is 0 Å². The molecule has 1 aliphatic rings. The van der Waals surface area contributed by atoms with Gasteiger partial charge in [-0.2, -0.15) is 0 Å². The van der Waals surface area contributed by atoms with E-state index in [-0.39, 0.29) is 47.1 Å². The number of rotatable bonds is 6. The van der Waals surface area contributed by atoms with Gasteiger partial charge in [0.1, 0.15) is 0 Å². The highest BCUT2D eigenvalue weighted by atomic mass is 16.6. The van der Waals surface area contributed by atoms with E-state index in [2.05, 4.69) is 17.6 Å². The Labute approximate surface area is 184 Å². The van der Waals surface area contributed by atoms with Crippen molar-refractivity contribution in [1.29, 1.82) is 0 Å². The number of hydrogen-bond donors (Lipinski definition) is 2. The predicted molar refractivity (Wildman–Crippen MR) is 116 cm³/mol. The van der Waals surface area contributed by atoms with Crippen molar-refractivity contribution >= 4 is 23.2 Å². The van der Waals surface area contributed by atoms with E-state index >= 15 is 0 Å². The van der Waals surface area contributed by atoms with Crippen molar-refractivity contribution in [3.05, 3.63) is 79.9 Å². The summed E-state index contributed by atoms with van der Waals surface area (Å²) in [6.07, 6.45) is 1.27. The van der Waals surface area contributed by atoms with E-state index in [1.165, 1.54) is 48.5 Å². The Morgan fingerprint density at radius 2 is 1.22 bits per heavy atom. The predicted octanol–water partition coefficient (Wildman–Crippen LogP) is 3.47. The van der Waals surface area contributed by atoms with Crippen LogP contribution in [0.1, 0.15) is 47.4 Å². The fraction of sp³-hybridized carbons (Fsp3) is 0.364. The van der Waals surface area contributed by atoms with Crippen LogP contribution in [0.2, 0.25) is 0 Å². The molecule has 0 saturated heterocycles. The fourth-order valence-corrected chi connectivity index (χ4v) is 3.98. The zero-order valence-electron chi connectivity index (χ0n) is 17.7. The average molecular weight is 440 g/mol. The van der Waals surface area contributed by atoms with E-state index in [4.69, 9.17) is 0 Å². The molecule has 0 heterocycles. The molecule has 168 valence electrons. The van der Waals surface area contributed by atoms with Gasteiger partial charge in [0.15, 0.2) is 0 Å². The monoisotopic (exact) mass is 440 g/mol. The second-order valence-corrected chi connectivity index (χ2v) is 8.17. The van der Waals surface area contributed by atoms with Crippen molar-refractivity contribution in [1.82, 2.24) is 10.6 Å². The number of nitrogens with one attached hydrogen (secondary N) is 2. The maximum atomic E-state index is 12.7. The summed E-state index contributed by atoms with van der Waals surface area (Å²) in [5.41, 5.74) is 0.478. The third-order valence-corrected chi connectivity index (χ3v) is 6.06. The molecule has 0 aromatic heterocycles. The van der Waals surface area contributed by atoms with Crippen LogP contribution < -0.4 is 10.6 Å². The Kier molecular flexibility index (Phi) is 6.82. The number of non-ortho nitro benzene ring substituents is 2. The molecule has 1 aliphatic carbocycles. The summed E-state index contributed by atoms with van der Waals surface area (Å²) >= 11 is 0. The van der Waals surface area contributed by atoms with Crippen LogP contribution in [0.4, 0.5) is 11.4 Å². The molecule has 1 saturated carbocycles. The molecule has 2 aromatic rings. The number of hydrogen-bond acceptors (Lipinski definition) is 6. The molecule has 32 heavy (non-hydrogen) atoms. The summed E-state index contributed by atoms with van der Waals surface area (Å²) in [4.78, 5) is 45.8. The van der Waals surface area contributed by atoms with E-state index in [9.17, 15) is 29.8 Å². The van der Waals surface area contributed by atoms with Gasteiger partial charge in [-0.25, -0.2) is 0 Å². The highest BCUT2D eigenvalue weighted by Gasteiger charge is 2.34. The standard InChI is InChI=1S/C22H24N4O6/c1-13-11-17(23-21(27)15-3-7-18(8-4-15)25(29)30)12-20(14(13)2)24-22(28)16-5-9-19(10-6-16)26(31)32/h3-10,13-14,17,20H,11-12H2,1-2H3,(H,23,27)(H,24,28). The number of amides is 2. The first-order valence-corrected chi connectivity index (χ1v) is 10.3. The van der Waals surface area contributed by atoms with Crippen LogP contribution >= 0.6 is 0 Å². The molecule has 0 spiro atoms. The minimum absolute atomic E-state index is 0.0873. The van der Waals surface area contributed by atoms with Crippen LogP contribution in [-0.2, 0) is 0 Å². The van der Waals surface area contributed by atoms with E-state index < -0.39 is 9.85 Å². The summed E-state index contributed by atoms with van der Waals surface area (Å²) in [6.45, 7) is 4.10. The Bertz CT molecular complexity index is 1020. The summed E-state index contributed by atoms with van der Waals surface area (Å²) in [5, 5.41) is 27.5. The lowest BCUT2D eigenvalue weighted by Gasteiger charge is -2.39. The van der Waals surface area contributed by atoms with Crippen LogP contribution in [0.5, 0.6) is 0 Å². The molecule has 10 nitrogen and oxygen atoms in total. The molecule has 2 amide bonds. The minimum Gasteiger partial charge on any atom is -0.349 e. The van der Waals surface area contributed by atoms with Gasteiger partial charge in [-0.05, 0) is 48.9 Å². The number of nitro benzene ring substituents is 2. The van der Waals surface area contributed by atoms with Gasteiger partial charge in [0, 0.05) is 47.5 Å². The van der Waals surface area contributed by atoms with Gasteiger partial charge in [-0.1, -0.05) is 13.8 Å². The molecule has 10 heteroatoms. The first-order valence-electron chi connectivity index (χ1n) is 10.3. The Morgan fingerprint density at radius 3 is 1.66 bits per heavy atom. The van der Waals surface area contributed by atoms with E-state index in [1.807, 2.05) is 6.92 Å². The molecule has 2 aromatic carbocycles. The smallest absolute Gasteiger partial charge is 0.269 e. The Balaban J connectivity index is 1.65. The number of carbonyl (C=O) groups excluding carboxylic acids is 2. The Hall–Kier alpha value is -3.82. The third kappa shape index (κ3) is 5.26. The summed E-state index contributed by atoms with van der Waals surface area (Å²) in [5.74, 6) is -0.254. The molecule has 2 N–H and O–H groups in total. The zero-order chi connectivity index (χ0) is 23.4. The Morgan fingerprint density at radius 1 is 0.781 bits per heavy atom. The molecule has 0 aliphatic heterocycles. The lowest BCUT2D eigenvalue weighted by Crippen LogP contribution is -2.51. The van der Waals surface area contributed by atoms with Gasteiger partial charge in [0.25, 0.3) is 23.2 Å². The first kappa shape index (κ1) is 22.9. The molecule has 1 fully saturated rings. The van der Waals surface area contributed by atoms with Crippen molar-refractivity contribution in [2.75, 3.05) is 0 Å². The van der Waals surface area contributed by atoms with E-state index in [0.717, 1.165) is 6.42 Å². The van der Waals surface area contributed by atoms with Crippen molar-refractivity contribution in [3.8, 4) is 0 Å². The molecule has 4 atom stereocenters. The summed E-state index contributed by atoms with van der Waals surface area (Å²) < 4.78 is 0. The van der Waals surface area contributed by atoms with Gasteiger partial charge < -0.3 is 10.6 Å². The van der Waals surface area contributed by atoms with Gasteiger partial charge in [0.05, 0.1) is 9.85 Å². The maximum absolute atomic E-state index is 12.7. The van der Waals surface area contributed by atoms with Crippen molar-refractivity contribution in [2.24, 2.45) is 11.8 Å². The highest BCUT2D eigenvalue weighted by molar-refractivity contribution is 5.95. The van der Waals surface area contributed by atoms with Crippen LogP contribution in [-0.4, -0.2) is 33.7 Å². The summed E-state index contributed by atoms with van der Waals surface area (Å²) in [7, 11) is 0. The summed E-state index contributed by atoms with van der Waals surface area (Å²) in [6, 6.07) is 10.4. The maximum Gasteiger partial charge on any atom is 0.269 e. The van der Waals surface area contributed by atoms with Crippen LogP contribution in [0.15, 0.2) is 48.5 Å². The van der Waals surface area contributed by atoms with Gasteiger partial charge in [0.2, 0.25) is 0 Å². The number of carbonyl (C=O) groups is 2. The van der Waals surface area contributed by atoms with E-state index in [0.29, 0.717) is 17.5 Å². The SMILES string of the molecule is CC1CC(NC(=O)c2ccc([N+](=O)[O-])cc2)CC(NC(=O)c2ccc([N+](=O)[O-])cc2)C1C. The number of benzene rings is 2. The molecule has 0 bridgehead atoms. The third-order valence-electron chi connectivity index (χ3n) is 6.06. The van der Waals surface area contributed by atoms with Gasteiger partial charge >= 0.3 is 0 Å². The molecular weight excluding hydrogens is 416 g/mol. The van der Waals surface area contributed by atoms with Gasteiger partial charge in [-0.3, -0.25) is 29.8 Å². The highest BCUT2D eigenvalue weighted by Crippen LogP contribution is 2.30. The first-order chi connectivity index (χ1) is 15.2. The minimum atomic E-state index is -0.524. The van der Waals surface area contributed by atoms with Crippen molar-refractivity contribution in [3.63, 3.8) is 0 Å². The van der Waals surface area contributed by atoms with Crippen molar-refractivity contribution < 1.29 is 19.4 Å².